The Labute approximate surface area is 113 Å². The zero-order valence-electron chi connectivity index (χ0n) is 9.92. The zero-order chi connectivity index (χ0) is 13.7. The minimum atomic E-state index is -0.409. The lowest BCUT2D eigenvalue weighted by Crippen LogP contribution is -2.29. The maximum absolute atomic E-state index is 11.9. The summed E-state index contributed by atoms with van der Waals surface area (Å²) in [4.78, 5) is 28.1. The number of hydrazine groups is 1. The molecule has 2 amide bonds. The Balaban J connectivity index is 1.97. The Morgan fingerprint density at radius 2 is 1.89 bits per heavy atom. The van der Waals surface area contributed by atoms with Gasteiger partial charge >= 0.3 is 0 Å². The van der Waals surface area contributed by atoms with E-state index in [-0.39, 0.29) is 5.91 Å². The summed E-state index contributed by atoms with van der Waals surface area (Å²) in [6, 6.07) is 8.62. The van der Waals surface area contributed by atoms with Crippen molar-refractivity contribution in [3.8, 4) is 0 Å². The van der Waals surface area contributed by atoms with E-state index in [0.29, 0.717) is 16.3 Å². The van der Waals surface area contributed by atoms with Crippen molar-refractivity contribution < 1.29 is 9.59 Å². The van der Waals surface area contributed by atoms with E-state index in [9.17, 15) is 9.59 Å². The fourth-order valence-electron chi connectivity index (χ4n) is 1.41. The van der Waals surface area contributed by atoms with Crippen LogP contribution in [0.5, 0.6) is 0 Å². The van der Waals surface area contributed by atoms with Crippen LogP contribution in [-0.4, -0.2) is 16.8 Å². The molecular formula is C12H12N4O2S. The highest BCUT2D eigenvalue weighted by atomic mass is 32.1. The van der Waals surface area contributed by atoms with Crippen molar-refractivity contribution >= 4 is 23.2 Å². The molecular weight excluding hydrogens is 264 g/mol. The van der Waals surface area contributed by atoms with E-state index in [4.69, 9.17) is 5.84 Å². The molecule has 0 saturated heterocycles. The molecule has 19 heavy (non-hydrogen) atoms. The number of aromatic nitrogens is 1. The number of nitrogens with zero attached hydrogens (tertiary/aromatic N) is 1. The van der Waals surface area contributed by atoms with Crippen LogP contribution in [0.1, 0.15) is 25.0 Å². The third kappa shape index (κ3) is 3.36. The van der Waals surface area contributed by atoms with Gasteiger partial charge in [0.2, 0.25) is 0 Å². The van der Waals surface area contributed by atoms with Crippen LogP contribution in [0.15, 0.2) is 36.5 Å². The van der Waals surface area contributed by atoms with Gasteiger partial charge in [0.1, 0.15) is 0 Å². The minimum Gasteiger partial charge on any atom is -0.346 e. The number of carbonyl (C=O) groups excluding carboxylic acids is 2. The first-order valence-electron chi connectivity index (χ1n) is 5.49. The summed E-state index contributed by atoms with van der Waals surface area (Å²) in [5, 5.41) is 2.73. The lowest BCUT2D eigenvalue weighted by Gasteiger charge is -2.02. The van der Waals surface area contributed by atoms with Crippen LogP contribution in [-0.2, 0) is 6.54 Å². The summed E-state index contributed by atoms with van der Waals surface area (Å²) < 4.78 is 0. The topological polar surface area (TPSA) is 97.1 Å². The van der Waals surface area contributed by atoms with E-state index in [1.165, 1.54) is 0 Å². The van der Waals surface area contributed by atoms with Crippen LogP contribution >= 0.6 is 11.3 Å². The summed E-state index contributed by atoms with van der Waals surface area (Å²) in [5.74, 6) is 4.37. The van der Waals surface area contributed by atoms with Crippen molar-refractivity contribution in [3.63, 3.8) is 0 Å². The molecule has 0 aliphatic rings. The highest BCUT2D eigenvalue weighted by molar-refractivity contribution is 7.15. The molecule has 0 radical (unpaired) electrons. The van der Waals surface area contributed by atoms with Gasteiger partial charge in [0.15, 0.2) is 0 Å². The molecule has 4 N–H and O–H groups in total. The number of thiophene rings is 1. The molecule has 2 aromatic heterocycles. The SMILES string of the molecule is NNC(=O)c1ccc(C(=O)NCc2ccccn2)s1. The van der Waals surface area contributed by atoms with Gasteiger partial charge < -0.3 is 5.32 Å². The monoisotopic (exact) mass is 276 g/mol. The Kier molecular flexibility index (Phi) is 4.22. The predicted molar refractivity (Wildman–Crippen MR) is 71.4 cm³/mol. The van der Waals surface area contributed by atoms with E-state index < -0.39 is 5.91 Å². The molecule has 0 spiro atoms. The second-order valence-corrected chi connectivity index (χ2v) is 4.72. The molecule has 2 heterocycles. The van der Waals surface area contributed by atoms with Gasteiger partial charge in [-0.25, -0.2) is 5.84 Å². The van der Waals surface area contributed by atoms with E-state index in [2.05, 4.69) is 10.3 Å². The molecule has 0 bridgehead atoms. The maximum Gasteiger partial charge on any atom is 0.275 e. The number of amides is 2. The van der Waals surface area contributed by atoms with Gasteiger partial charge in [0.25, 0.3) is 11.8 Å². The van der Waals surface area contributed by atoms with Gasteiger partial charge in [-0.3, -0.25) is 20.0 Å². The van der Waals surface area contributed by atoms with Gasteiger partial charge in [-0.05, 0) is 24.3 Å². The molecule has 6 nitrogen and oxygen atoms in total. The van der Waals surface area contributed by atoms with Gasteiger partial charge in [0.05, 0.1) is 22.0 Å². The summed E-state index contributed by atoms with van der Waals surface area (Å²) in [6.45, 7) is 0.343. The van der Waals surface area contributed by atoms with E-state index in [1.54, 1.807) is 18.3 Å². The zero-order valence-corrected chi connectivity index (χ0v) is 10.7. The first-order valence-corrected chi connectivity index (χ1v) is 6.31. The van der Waals surface area contributed by atoms with Gasteiger partial charge in [-0.2, -0.15) is 0 Å². The van der Waals surface area contributed by atoms with Crippen molar-refractivity contribution in [2.75, 3.05) is 0 Å². The Bertz CT molecular complexity index is 582. The van der Waals surface area contributed by atoms with Crippen LogP contribution in [0.4, 0.5) is 0 Å². The molecule has 2 aromatic rings. The number of hydrogen-bond donors (Lipinski definition) is 3. The first-order chi connectivity index (χ1) is 9.20. The number of carbonyl (C=O) groups is 2. The first kappa shape index (κ1) is 13.2. The van der Waals surface area contributed by atoms with Gasteiger partial charge in [0, 0.05) is 6.20 Å². The molecule has 0 aliphatic carbocycles. The fourth-order valence-corrected chi connectivity index (χ4v) is 2.24. The third-order valence-corrected chi connectivity index (χ3v) is 3.42. The predicted octanol–water partition coefficient (Wildman–Crippen LogP) is 0.677. The molecule has 0 saturated carbocycles. The number of nitrogens with two attached hydrogens (primary N) is 1. The van der Waals surface area contributed by atoms with E-state index >= 15 is 0 Å². The summed E-state index contributed by atoms with van der Waals surface area (Å²) in [6.07, 6.45) is 1.66. The molecule has 0 aliphatic heterocycles. The molecule has 7 heteroatoms. The largest absolute Gasteiger partial charge is 0.346 e. The number of hydrogen-bond acceptors (Lipinski definition) is 5. The smallest absolute Gasteiger partial charge is 0.275 e. The highest BCUT2D eigenvalue weighted by Gasteiger charge is 2.12. The highest BCUT2D eigenvalue weighted by Crippen LogP contribution is 2.16. The summed E-state index contributed by atoms with van der Waals surface area (Å²) in [5.41, 5.74) is 2.79. The molecule has 0 atom stereocenters. The summed E-state index contributed by atoms with van der Waals surface area (Å²) >= 11 is 1.08. The average molecular weight is 276 g/mol. The van der Waals surface area contributed by atoms with E-state index in [0.717, 1.165) is 17.0 Å². The molecule has 0 unspecified atom stereocenters. The van der Waals surface area contributed by atoms with Crippen molar-refractivity contribution in [3.05, 3.63) is 52.0 Å². The van der Waals surface area contributed by atoms with Gasteiger partial charge in [-0.1, -0.05) is 6.07 Å². The summed E-state index contributed by atoms with van der Waals surface area (Å²) in [7, 11) is 0. The third-order valence-electron chi connectivity index (χ3n) is 2.34. The number of nitrogens with one attached hydrogen (secondary N) is 2. The lowest BCUT2D eigenvalue weighted by molar-refractivity contribution is 0.0949. The van der Waals surface area contributed by atoms with Crippen LogP contribution in [0.3, 0.4) is 0 Å². The van der Waals surface area contributed by atoms with Crippen molar-refractivity contribution in [1.82, 2.24) is 15.7 Å². The lowest BCUT2D eigenvalue weighted by atomic mass is 10.3. The van der Waals surface area contributed by atoms with Crippen LogP contribution in [0.2, 0.25) is 0 Å². The Hall–Kier alpha value is -2.25. The second kappa shape index (κ2) is 6.07. The number of rotatable bonds is 4. The van der Waals surface area contributed by atoms with Crippen LogP contribution in [0, 0.1) is 0 Å². The molecule has 98 valence electrons. The minimum absolute atomic E-state index is 0.244. The van der Waals surface area contributed by atoms with Crippen LogP contribution in [0.25, 0.3) is 0 Å². The van der Waals surface area contributed by atoms with Crippen molar-refractivity contribution in [2.24, 2.45) is 5.84 Å². The average Bonchev–Trinajstić information content (AvgIpc) is 2.95. The maximum atomic E-state index is 11.9. The number of nitrogen functional groups attached to an aromatic ring is 1. The quantitative estimate of drug-likeness (QED) is 0.434. The molecule has 2 rings (SSSR count). The Morgan fingerprint density at radius 3 is 2.53 bits per heavy atom. The van der Waals surface area contributed by atoms with Crippen molar-refractivity contribution in [2.45, 2.75) is 6.54 Å². The normalized spacial score (nSPS) is 9.95. The van der Waals surface area contributed by atoms with Crippen LogP contribution < -0.4 is 16.6 Å². The standard InChI is InChI=1S/C12H12N4O2S/c13-16-12(18)10-5-4-9(19-10)11(17)15-7-8-3-1-2-6-14-8/h1-6H,7,13H2,(H,15,17)(H,16,18). The number of pyridine rings is 1. The second-order valence-electron chi connectivity index (χ2n) is 3.64. The van der Waals surface area contributed by atoms with Crippen molar-refractivity contribution in [1.29, 1.82) is 0 Å². The Morgan fingerprint density at radius 1 is 1.16 bits per heavy atom. The van der Waals surface area contributed by atoms with Gasteiger partial charge in [-0.15, -0.1) is 11.3 Å². The molecule has 0 aromatic carbocycles. The molecule has 0 fully saturated rings. The van der Waals surface area contributed by atoms with E-state index in [1.807, 2.05) is 23.6 Å². The fraction of sp³-hybridized carbons (Fsp3) is 0.0833.